The maximum absolute atomic E-state index is 12.7. The third-order valence-corrected chi connectivity index (χ3v) is 10.8. The molecule has 7 nitrogen and oxygen atoms in total. The van der Waals surface area contributed by atoms with E-state index in [0.29, 0.717) is 29.1 Å². The lowest BCUT2D eigenvalue weighted by Crippen LogP contribution is -2.38. The van der Waals surface area contributed by atoms with E-state index < -0.39 is 21.5 Å². The highest BCUT2D eigenvalue weighted by molar-refractivity contribution is 8.03. The van der Waals surface area contributed by atoms with Crippen LogP contribution in [0.15, 0.2) is 88.3 Å². The molecule has 10 heteroatoms. The van der Waals surface area contributed by atoms with Crippen molar-refractivity contribution in [2.75, 3.05) is 12.0 Å². The number of aryl methyl sites for hydroxylation is 1. The van der Waals surface area contributed by atoms with Crippen LogP contribution in [0.1, 0.15) is 55.4 Å². The Bertz CT molecular complexity index is 1830. The molecule has 43 heavy (non-hydrogen) atoms. The van der Waals surface area contributed by atoms with Crippen molar-refractivity contribution in [1.82, 2.24) is 0 Å². The number of allylic oxidation sites excluding steroid dienone is 2. The largest absolute Gasteiger partial charge is 0.465 e. The number of esters is 1. The van der Waals surface area contributed by atoms with E-state index in [2.05, 4.69) is 54.8 Å². The number of thioether (sulfide) groups is 1. The molecule has 1 aliphatic heterocycles. The maximum atomic E-state index is 12.7. The molecule has 1 atom stereocenters. The highest BCUT2D eigenvalue weighted by atomic mass is 32.2. The Morgan fingerprint density at radius 3 is 2.47 bits per heavy atom. The van der Waals surface area contributed by atoms with Crippen molar-refractivity contribution in [3.05, 3.63) is 94.0 Å². The maximum Gasteiger partial charge on any atom is 0.337 e. The van der Waals surface area contributed by atoms with Gasteiger partial charge in [0.05, 0.1) is 23.4 Å². The van der Waals surface area contributed by atoms with E-state index in [1.165, 1.54) is 29.1 Å². The van der Waals surface area contributed by atoms with Crippen molar-refractivity contribution in [3.8, 4) is 11.1 Å². The predicted molar refractivity (Wildman–Crippen MR) is 176 cm³/mol. The third kappa shape index (κ3) is 6.43. The number of aromatic nitrogens is 1. The molecule has 5 rings (SSSR count). The number of ether oxygens (including phenoxy) is 1. The fourth-order valence-corrected chi connectivity index (χ4v) is 8.71. The van der Waals surface area contributed by atoms with Gasteiger partial charge in [-0.3, -0.25) is 4.55 Å². The molecule has 0 saturated heterocycles. The number of benzene rings is 3. The van der Waals surface area contributed by atoms with Gasteiger partial charge >= 0.3 is 5.97 Å². The summed E-state index contributed by atoms with van der Waals surface area (Å²) in [6, 6.07) is 22.0. The summed E-state index contributed by atoms with van der Waals surface area (Å²) in [5.41, 5.74) is 5.38. The molecule has 0 radical (unpaired) electrons. The van der Waals surface area contributed by atoms with E-state index in [9.17, 15) is 17.8 Å². The summed E-state index contributed by atoms with van der Waals surface area (Å²) in [5.74, 6) is -0.512. The molecular weight excluding hydrogens is 601 g/mol. The average Bonchev–Trinajstić information content (AvgIpc) is 3.54. The van der Waals surface area contributed by atoms with E-state index in [1.54, 1.807) is 34.4 Å². The highest BCUT2D eigenvalue weighted by Gasteiger charge is 2.38. The monoisotopic (exact) mass is 635 g/mol. The Morgan fingerprint density at radius 1 is 1.05 bits per heavy atom. The SMILES string of the molecule is CCCC(N1C(=CC(=Cc2sc3ccc(-c4ccccc4)cc3[n+]2CC)CC)Sc2ccc(C(=O)OC)cc21)S(=O)(=O)O. The quantitative estimate of drug-likeness (QED) is 0.108. The number of methoxy groups -OCH3 is 1. The number of carbonyl (C=O) groups is 1. The Hall–Kier alpha value is -3.44. The van der Waals surface area contributed by atoms with E-state index in [4.69, 9.17) is 4.74 Å². The van der Waals surface area contributed by atoms with E-state index in [-0.39, 0.29) is 6.42 Å². The summed E-state index contributed by atoms with van der Waals surface area (Å²) in [5, 5.41) is 0.581. The van der Waals surface area contributed by atoms with E-state index in [0.717, 1.165) is 33.1 Å². The summed E-state index contributed by atoms with van der Waals surface area (Å²) >= 11 is 3.14. The minimum Gasteiger partial charge on any atom is -0.465 e. The van der Waals surface area contributed by atoms with Gasteiger partial charge < -0.3 is 9.64 Å². The molecule has 4 aromatic rings. The summed E-state index contributed by atoms with van der Waals surface area (Å²) in [7, 11) is -3.14. The normalized spacial score (nSPS) is 15.2. The fraction of sp³-hybridized carbons (Fsp3) is 0.273. The van der Waals surface area contributed by atoms with Crippen LogP contribution in [0.25, 0.3) is 27.4 Å². The van der Waals surface area contributed by atoms with Crippen molar-refractivity contribution in [2.45, 2.75) is 56.8 Å². The summed E-state index contributed by atoms with van der Waals surface area (Å²) in [4.78, 5) is 14.8. The minimum atomic E-state index is -4.45. The van der Waals surface area contributed by atoms with Gasteiger partial charge in [0.2, 0.25) is 5.52 Å². The minimum absolute atomic E-state index is 0.222. The van der Waals surface area contributed by atoms with Gasteiger partial charge in [0.15, 0.2) is 5.37 Å². The molecule has 0 bridgehead atoms. The molecule has 1 unspecified atom stereocenters. The van der Waals surface area contributed by atoms with Gasteiger partial charge in [0.1, 0.15) is 11.2 Å². The standard InChI is InChI=1S/C33H34N2O5S3/c1-5-11-32(43(37,38)39)35-27-21-25(33(36)40-4)15-17-29(27)42-31(35)19-22(6-2)18-30-34(7-3)26-20-24(14-16-28(26)41-30)23-12-9-8-10-13-23/h8-10,12-21,32H,5-7,11H2,1-4H3/p+1. The lowest BCUT2D eigenvalue weighted by molar-refractivity contribution is -0.665. The predicted octanol–water partition coefficient (Wildman–Crippen LogP) is 7.92. The number of nitrogens with zero attached hydrogens (tertiary/aromatic N) is 2. The van der Waals surface area contributed by atoms with Crippen LogP contribution in [0.4, 0.5) is 5.69 Å². The first-order chi connectivity index (χ1) is 20.7. The molecule has 0 aliphatic carbocycles. The lowest BCUT2D eigenvalue weighted by atomic mass is 10.1. The van der Waals surface area contributed by atoms with Crippen molar-refractivity contribution in [1.29, 1.82) is 0 Å². The second kappa shape index (κ2) is 13.1. The molecule has 1 aromatic heterocycles. The van der Waals surface area contributed by atoms with Crippen LogP contribution in [0.5, 0.6) is 0 Å². The molecule has 0 spiro atoms. The fourth-order valence-electron chi connectivity index (χ4n) is 5.28. The Morgan fingerprint density at radius 2 is 1.81 bits per heavy atom. The molecule has 0 fully saturated rings. The number of carbonyl (C=O) groups excluding carboxylic acids is 1. The molecule has 0 saturated carbocycles. The highest BCUT2D eigenvalue weighted by Crippen LogP contribution is 2.49. The lowest BCUT2D eigenvalue weighted by Gasteiger charge is -2.28. The molecule has 1 N–H and O–H groups in total. The van der Waals surface area contributed by atoms with Gasteiger partial charge in [-0.05, 0) is 66.8 Å². The zero-order chi connectivity index (χ0) is 30.7. The molecule has 0 amide bonds. The molecule has 1 aliphatic rings. The van der Waals surface area contributed by atoms with Crippen LogP contribution in [0.2, 0.25) is 0 Å². The average molecular weight is 636 g/mol. The first-order valence-electron chi connectivity index (χ1n) is 14.3. The van der Waals surface area contributed by atoms with Crippen LogP contribution in [-0.4, -0.2) is 31.4 Å². The summed E-state index contributed by atoms with van der Waals surface area (Å²) < 4.78 is 44.0. The summed E-state index contributed by atoms with van der Waals surface area (Å²) in [6.07, 6.45) is 5.63. The van der Waals surface area contributed by atoms with Crippen molar-refractivity contribution >= 4 is 61.2 Å². The van der Waals surface area contributed by atoms with Gasteiger partial charge in [-0.2, -0.15) is 13.0 Å². The van der Waals surface area contributed by atoms with Crippen LogP contribution in [0.3, 0.4) is 0 Å². The number of anilines is 1. The molecule has 2 heterocycles. The second-order valence-electron chi connectivity index (χ2n) is 10.2. The Kier molecular flexibility index (Phi) is 9.41. The van der Waals surface area contributed by atoms with E-state index in [1.807, 2.05) is 31.2 Å². The second-order valence-corrected chi connectivity index (χ2v) is 13.9. The van der Waals surface area contributed by atoms with Gasteiger partial charge in [-0.25, -0.2) is 4.79 Å². The number of hydrogen-bond acceptors (Lipinski definition) is 7. The van der Waals surface area contributed by atoms with Crippen molar-refractivity contribution < 1.29 is 27.1 Å². The molecule has 224 valence electrons. The van der Waals surface area contributed by atoms with Gasteiger partial charge in [-0.1, -0.05) is 79.8 Å². The molecular formula is C33H35N2O5S3+. The van der Waals surface area contributed by atoms with Crippen LogP contribution < -0.4 is 9.47 Å². The van der Waals surface area contributed by atoms with Gasteiger partial charge in [-0.15, -0.1) is 0 Å². The number of hydrogen-bond donors (Lipinski definition) is 1. The van der Waals surface area contributed by atoms with Crippen LogP contribution in [-0.2, 0) is 21.4 Å². The summed E-state index contributed by atoms with van der Waals surface area (Å²) in [6.45, 7) is 6.87. The van der Waals surface area contributed by atoms with Gasteiger partial charge in [0, 0.05) is 17.0 Å². The Labute approximate surface area is 261 Å². The van der Waals surface area contributed by atoms with Gasteiger partial charge in [0.25, 0.3) is 15.1 Å². The number of fused-ring (bicyclic) bond motifs is 2. The van der Waals surface area contributed by atoms with E-state index >= 15 is 0 Å². The molecule has 3 aromatic carbocycles. The number of rotatable bonds is 10. The zero-order valence-electron chi connectivity index (χ0n) is 24.6. The van der Waals surface area contributed by atoms with Crippen LogP contribution >= 0.6 is 23.1 Å². The zero-order valence-corrected chi connectivity index (χ0v) is 27.1. The Balaban J connectivity index is 1.61. The van der Waals surface area contributed by atoms with Crippen molar-refractivity contribution in [2.24, 2.45) is 0 Å². The smallest absolute Gasteiger partial charge is 0.337 e. The van der Waals surface area contributed by atoms with Crippen molar-refractivity contribution in [3.63, 3.8) is 0 Å². The topological polar surface area (TPSA) is 87.8 Å². The first kappa shape index (κ1) is 31.0. The third-order valence-electron chi connectivity index (χ3n) is 7.44. The first-order valence-corrected chi connectivity index (χ1v) is 17.4. The number of thiazole rings is 1. The van der Waals surface area contributed by atoms with Crippen LogP contribution in [0, 0.1) is 0 Å².